The van der Waals surface area contributed by atoms with Crippen molar-refractivity contribution in [2.24, 2.45) is 11.7 Å². The maximum atomic E-state index is 10.7. The molecular formula is C7H14N2O2. The van der Waals surface area contributed by atoms with Gasteiger partial charge in [0.2, 0.25) is 5.91 Å². The van der Waals surface area contributed by atoms with E-state index in [-0.39, 0.29) is 11.8 Å². The summed E-state index contributed by atoms with van der Waals surface area (Å²) in [4.78, 5) is 15.7. The van der Waals surface area contributed by atoms with Crippen LogP contribution in [0.25, 0.3) is 0 Å². The molecule has 4 nitrogen and oxygen atoms in total. The quantitative estimate of drug-likeness (QED) is 0.602. The summed E-state index contributed by atoms with van der Waals surface area (Å²) in [5.41, 5.74) is 5.16. The summed E-state index contributed by atoms with van der Waals surface area (Å²) in [5, 5.41) is 1.85. The van der Waals surface area contributed by atoms with Crippen LogP contribution < -0.4 is 5.73 Å². The predicted octanol–water partition coefficient (Wildman–Crippen LogP) is -0.255. The van der Waals surface area contributed by atoms with E-state index >= 15 is 0 Å². The number of hydrogen-bond acceptors (Lipinski definition) is 3. The smallest absolute Gasteiger partial charge is 0.220 e. The molecule has 1 rings (SSSR count). The lowest BCUT2D eigenvalue weighted by molar-refractivity contribution is -0.153. The first kappa shape index (κ1) is 8.49. The largest absolute Gasteiger partial charge is 0.369 e. The lowest BCUT2D eigenvalue weighted by Gasteiger charge is -2.27. The van der Waals surface area contributed by atoms with Crippen LogP contribution in [0.5, 0.6) is 0 Å². The van der Waals surface area contributed by atoms with Crippen molar-refractivity contribution in [3.63, 3.8) is 0 Å². The topological polar surface area (TPSA) is 55.6 Å². The standard InChI is InChI=1S/C7H14N2O2/c1-11-9-4-2-6(3-5-9)7(8)10/h6H,2-5H2,1H3,(H2,8,10). The molecule has 1 heterocycles. The van der Waals surface area contributed by atoms with E-state index in [0.29, 0.717) is 0 Å². The predicted molar refractivity (Wildman–Crippen MR) is 40.5 cm³/mol. The number of primary amides is 1. The Bertz CT molecular complexity index is 141. The number of carbonyl (C=O) groups excluding carboxylic acids is 1. The Balaban J connectivity index is 2.30. The van der Waals surface area contributed by atoms with Crippen LogP contribution in [0.15, 0.2) is 0 Å². The Morgan fingerprint density at radius 2 is 2.09 bits per heavy atom. The van der Waals surface area contributed by atoms with Gasteiger partial charge in [-0.15, -0.1) is 0 Å². The Morgan fingerprint density at radius 1 is 1.55 bits per heavy atom. The van der Waals surface area contributed by atoms with Gasteiger partial charge in [-0.3, -0.25) is 4.79 Å². The second kappa shape index (κ2) is 3.69. The number of rotatable bonds is 2. The van der Waals surface area contributed by atoms with Gasteiger partial charge in [0.15, 0.2) is 0 Å². The van der Waals surface area contributed by atoms with Crippen molar-refractivity contribution in [1.29, 1.82) is 0 Å². The summed E-state index contributed by atoms with van der Waals surface area (Å²) >= 11 is 0. The molecule has 0 aromatic rings. The van der Waals surface area contributed by atoms with Crippen LogP contribution in [0.1, 0.15) is 12.8 Å². The number of carbonyl (C=O) groups is 1. The zero-order valence-corrected chi connectivity index (χ0v) is 6.75. The van der Waals surface area contributed by atoms with Crippen molar-refractivity contribution in [2.45, 2.75) is 12.8 Å². The van der Waals surface area contributed by atoms with E-state index < -0.39 is 0 Å². The Kier molecular flexibility index (Phi) is 2.84. The zero-order chi connectivity index (χ0) is 8.27. The van der Waals surface area contributed by atoms with Gasteiger partial charge >= 0.3 is 0 Å². The van der Waals surface area contributed by atoms with E-state index in [4.69, 9.17) is 10.6 Å². The minimum Gasteiger partial charge on any atom is -0.369 e. The van der Waals surface area contributed by atoms with Gasteiger partial charge in [-0.05, 0) is 12.8 Å². The molecule has 0 unspecified atom stereocenters. The third kappa shape index (κ3) is 2.17. The minimum atomic E-state index is -0.180. The first-order chi connectivity index (χ1) is 5.24. The molecule has 64 valence electrons. The van der Waals surface area contributed by atoms with Crippen LogP contribution >= 0.6 is 0 Å². The number of nitrogens with zero attached hydrogens (tertiary/aromatic N) is 1. The van der Waals surface area contributed by atoms with Gasteiger partial charge in [0.05, 0.1) is 7.11 Å². The van der Waals surface area contributed by atoms with Crippen molar-refractivity contribution < 1.29 is 9.63 Å². The third-order valence-corrected chi connectivity index (χ3v) is 2.11. The molecule has 0 aromatic carbocycles. The van der Waals surface area contributed by atoms with E-state index in [0.717, 1.165) is 25.9 Å². The SMILES string of the molecule is CON1CCC(C(N)=O)CC1. The van der Waals surface area contributed by atoms with Gasteiger partial charge in [-0.25, -0.2) is 0 Å². The van der Waals surface area contributed by atoms with Crippen LogP contribution in [0.4, 0.5) is 0 Å². The summed E-state index contributed by atoms with van der Waals surface area (Å²) in [6.45, 7) is 1.62. The molecule has 11 heavy (non-hydrogen) atoms. The summed E-state index contributed by atoms with van der Waals surface area (Å²) in [5.74, 6) is -0.123. The first-order valence-electron chi connectivity index (χ1n) is 3.82. The Hall–Kier alpha value is -0.610. The highest BCUT2D eigenvalue weighted by Crippen LogP contribution is 2.15. The average Bonchev–Trinajstić information content (AvgIpc) is 2.05. The van der Waals surface area contributed by atoms with Crippen molar-refractivity contribution in [1.82, 2.24) is 5.06 Å². The molecule has 1 saturated heterocycles. The van der Waals surface area contributed by atoms with Gasteiger partial charge < -0.3 is 10.6 Å². The summed E-state index contributed by atoms with van der Waals surface area (Å²) in [6, 6.07) is 0. The molecule has 0 atom stereocenters. The first-order valence-corrected chi connectivity index (χ1v) is 3.82. The molecule has 1 aliphatic rings. The second-order valence-electron chi connectivity index (χ2n) is 2.79. The van der Waals surface area contributed by atoms with Crippen LogP contribution in [-0.2, 0) is 9.63 Å². The zero-order valence-electron chi connectivity index (χ0n) is 6.75. The molecule has 2 N–H and O–H groups in total. The van der Waals surface area contributed by atoms with Crippen LogP contribution in [0.3, 0.4) is 0 Å². The molecule has 0 aromatic heterocycles. The number of piperidine rings is 1. The van der Waals surface area contributed by atoms with Crippen LogP contribution in [-0.4, -0.2) is 31.2 Å². The highest BCUT2D eigenvalue weighted by molar-refractivity contribution is 5.76. The van der Waals surface area contributed by atoms with Gasteiger partial charge in [0, 0.05) is 19.0 Å². The minimum absolute atomic E-state index is 0.0569. The van der Waals surface area contributed by atoms with E-state index in [1.54, 1.807) is 7.11 Å². The highest BCUT2D eigenvalue weighted by atomic mass is 16.7. The summed E-state index contributed by atoms with van der Waals surface area (Å²) in [6.07, 6.45) is 1.65. The summed E-state index contributed by atoms with van der Waals surface area (Å²) in [7, 11) is 1.64. The van der Waals surface area contributed by atoms with Crippen molar-refractivity contribution >= 4 is 5.91 Å². The fourth-order valence-electron chi connectivity index (χ4n) is 1.32. The maximum absolute atomic E-state index is 10.7. The average molecular weight is 158 g/mol. The number of nitrogens with two attached hydrogens (primary N) is 1. The van der Waals surface area contributed by atoms with Crippen molar-refractivity contribution in [3.05, 3.63) is 0 Å². The van der Waals surface area contributed by atoms with E-state index in [1.807, 2.05) is 5.06 Å². The van der Waals surface area contributed by atoms with Crippen molar-refractivity contribution in [3.8, 4) is 0 Å². The lowest BCUT2D eigenvalue weighted by Crippen LogP contribution is -2.37. The molecule has 4 heteroatoms. The lowest BCUT2D eigenvalue weighted by atomic mass is 9.97. The molecular weight excluding hydrogens is 144 g/mol. The Morgan fingerprint density at radius 3 is 2.45 bits per heavy atom. The molecule has 1 amide bonds. The molecule has 0 aliphatic carbocycles. The number of amides is 1. The Labute approximate surface area is 66.3 Å². The second-order valence-corrected chi connectivity index (χ2v) is 2.79. The normalized spacial score (nSPS) is 21.9. The molecule has 0 spiro atoms. The van der Waals surface area contributed by atoms with Gasteiger partial charge in [-0.2, -0.15) is 5.06 Å². The number of hydroxylamine groups is 2. The van der Waals surface area contributed by atoms with Gasteiger partial charge in [0.1, 0.15) is 0 Å². The number of hydrogen-bond donors (Lipinski definition) is 1. The van der Waals surface area contributed by atoms with Gasteiger partial charge in [-0.1, -0.05) is 0 Å². The molecule has 1 aliphatic heterocycles. The maximum Gasteiger partial charge on any atom is 0.220 e. The van der Waals surface area contributed by atoms with Crippen LogP contribution in [0.2, 0.25) is 0 Å². The van der Waals surface area contributed by atoms with Gasteiger partial charge in [0.25, 0.3) is 0 Å². The van der Waals surface area contributed by atoms with Crippen LogP contribution in [0, 0.1) is 5.92 Å². The van der Waals surface area contributed by atoms with E-state index in [2.05, 4.69) is 0 Å². The fourth-order valence-corrected chi connectivity index (χ4v) is 1.32. The summed E-state index contributed by atoms with van der Waals surface area (Å²) < 4.78 is 0. The molecule has 0 bridgehead atoms. The van der Waals surface area contributed by atoms with E-state index in [9.17, 15) is 4.79 Å². The molecule has 0 radical (unpaired) electrons. The monoisotopic (exact) mass is 158 g/mol. The molecule has 1 fully saturated rings. The third-order valence-electron chi connectivity index (χ3n) is 2.11. The van der Waals surface area contributed by atoms with Crippen molar-refractivity contribution in [2.75, 3.05) is 20.2 Å². The van der Waals surface area contributed by atoms with E-state index in [1.165, 1.54) is 0 Å². The fraction of sp³-hybridized carbons (Fsp3) is 0.857. The highest BCUT2D eigenvalue weighted by Gasteiger charge is 2.22. The molecule has 0 saturated carbocycles.